The molecule has 40 heavy (non-hydrogen) atoms. The maximum Gasteiger partial charge on any atom is 0.335 e. The summed E-state index contributed by atoms with van der Waals surface area (Å²) in [6.45, 7) is 0.932. The van der Waals surface area contributed by atoms with Crippen LogP contribution in [0.5, 0.6) is 5.88 Å². The lowest BCUT2D eigenvalue weighted by molar-refractivity contribution is -0.0429. The van der Waals surface area contributed by atoms with Crippen molar-refractivity contribution >= 4 is 40.1 Å². The fourth-order valence-electron chi connectivity index (χ4n) is 5.37. The van der Waals surface area contributed by atoms with Crippen molar-refractivity contribution in [3.8, 4) is 17.1 Å². The molecule has 0 amide bonds. The van der Waals surface area contributed by atoms with Crippen molar-refractivity contribution in [3.63, 3.8) is 0 Å². The van der Waals surface area contributed by atoms with E-state index in [9.17, 15) is 9.90 Å². The lowest BCUT2D eigenvalue weighted by Crippen LogP contribution is -2.35. The maximum atomic E-state index is 11.2. The number of nitrogens with zero attached hydrogens (tertiary/aromatic N) is 2. The number of carboxylic acids is 1. The zero-order valence-electron chi connectivity index (χ0n) is 21.1. The molecule has 2 aromatic heterocycles. The molecule has 0 spiro atoms. The molecular formula is C29H24Cl2N2O7. The van der Waals surface area contributed by atoms with Crippen LogP contribution in [0.4, 0.5) is 0 Å². The molecular weight excluding hydrogens is 559 g/mol. The van der Waals surface area contributed by atoms with Crippen LogP contribution in [0.3, 0.4) is 0 Å². The fourth-order valence-corrected chi connectivity index (χ4v) is 5.95. The smallest absolute Gasteiger partial charge is 0.335 e. The van der Waals surface area contributed by atoms with Crippen LogP contribution in [0.2, 0.25) is 10.0 Å². The number of fused-ring (bicyclic) bond motifs is 2. The summed E-state index contributed by atoms with van der Waals surface area (Å²) >= 11 is 13.0. The Kier molecular flexibility index (Phi) is 6.64. The SMILES string of the molecule is O=C(O)c1ccc2nc(OC3CO[C@@H]4C(OCc5c(-c6c(Cl)cccc6Cl)noc5C5CC5)CO[C@H]34)ccc2c1. The molecule has 1 saturated carbocycles. The molecule has 9 nitrogen and oxygen atoms in total. The molecule has 11 heteroatoms. The zero-order valence-corrected chi connectivity index (χ0v) is 22.6. The molecule has 206 valence electrons. The van der Waals surface area contributed by atoms with Gasteiger partial charge in [-0.15, -0.1) is 0 Å². The first kappa shape index (κ1) is 25.7. The van der Waals surface area contributed by atoms with Crippen molar-refractivity contribution in [1.82, 2.24) is 10.1 Å². The lowest BCUT2D eigenvalue weighted by Gasteiger charge is -2.18. The van der Waals surface area contributed by atoms with Crippen LogP contribution < -0.4 is 4.74 Å². The molecule has 4 heterocycles. The van der Waals surface area contributed by atoms with Gasteiger partial charge in [-0.25, -0.2) is 9.78 Å². The Labute approximate surface area is 238 Å². The minimum atomic E-state index is -0.983. The molecule has 1 N–H and O–H groups in total. The predicted octanol–water partition coefficient (Wildman–Crippen LogP) is 5.90. The molecule has 3 fully saturated rings. The Morgan fingerprint density at radius 2 is 1.75 bits per heavy atom. The van der Waals surface area contributed by atoms with Gasteiger partial charge in [0.2, 0.25) is 5.88 Å². The number of carboxylic acid groups (broad SMARTS) is 1. The second kappa shape index (κ2) is 10.3. The summed E-state index contributed by atoms with van der Waals surface area (Å²) in [7, 11) is 0. The van der Waals surface area contributed by atoms with E-state index in [1.54, 1.807) is 42.5 Å². The summed E-state index contributed by atoms with van der Waals surface area (Å²) in [5, 5.41) is 15.3. The monoisotopic (exact) mass is 582 g/mol. The number of hydrogen-bond donors (Lipinski definition) is 1. The third-order valence-corrected chi connectivity index (χ3v) is 8.18. The van der Waals surface area contributed by atoms with Crippen molar-refractivity contribution in [2.45, 2.75) is 49.8 Å². The Balaban J connectivity index is 1.05. The van der Waals surface area contributed by atoms with E-state index in [0.717, 1.165) is 29.6 Å². The number of aromatic nitrogens is 2. The van der Waals surface area contributed by atoms with E-state index in [4.69, 9.17) is 46.7 Å². The van der Waals surface area contributed by atoms with Crippen LogP contribution in [0.25, 0.3) is 22.2 Å². The van der Waals surface area contributed by atoms with Crippen LogP contribution in [-0.2, 0) is 20.8 Å². The quantitative estimate of drug-likeness (QED) is 0.271. The van der Waals surface area contributed by atoms with Crippen LogP contribution in [-0.4, -0.2) is 58.8 Å². The molecule has 2 aromatic carbocycles. The topological polar surface area (TPSA) is 113 Å². The molecule has 1 aliphatic carbocycles. The summed E-state index contributed by atoms with van der Waals surface area (Å²) < 4.78 is 30.4. The Morgan fingerprint density at radius 1 is 1.00 bits per heavy atom. The number of pyridine rings is 1. The minimum absolute atomic E-state index is 0.206. The van der Waals surface area contributed by atoms with Gasteiger partial charge in [-0.2, -0.15) is 0 Å². The van der Waals surface area contributed by atoms with Crippen molar-refractivity contribution in [1.29, 1.82) is 0 Å². The van der Waals surface area contributed by atoms with E-state index in [1.165, 1.54) is 6.07 Å². The van der Waals surface area contributed by atoms with E-state index in [2.05, 4.69) is 10.1 Å². The number of carbonyl (C=O) groups is 1. The van der Waals surface area contributed by atoms with Gasteiger partial charge < -0.3 is 28.6 Å². The van der Waals surface area contributed by atoms with Crippen LogP contribution in [0, 0.1) is 0 Å². The molecule has 2 saturated heterocycles. The van der Waals surface area contributed by atoms with Gasteiger partial charge in [0.15, 0.2) is 6.10 Å². The predicted molar refractivity (Wildman–Crippen MR) is 145 cm³/mol. The van der Waals surface area contributed by atoms with Gasteiger partial charge >= 0.3 is 5.97 Å². The van der Waals surface area contributed by atoms with Gasteiger partial charge in [0.1, 0.15) is 29.8 Å². The molecule has 3 aliphatic rings. The van der Waals surface area contributed by atoms with Crippen molar-refractivity contribution in [2.24, 2.45) is 0 Å². The molecule has 0 bridgehead atoms. The molecule has 2 aliphatic heterocycles. The lowest BCUT2D eigenvalue weighted by atomic mass is 10.0. The summed E-state index contributed by atoms with van der Waals surface area (Å²) in [4.78, 5) is 15.8. The fraction of sp³-hybridized carbons (Fsp3) is 0.345. The van der Waals surface area contributed by atoms with Crippen molar-refractivity contribution in [2.75, 3.05) is 13.2 Å². The second-order valence-corrected chi connectivity index (χ2v) is 11.0. The van der Waals surface area contributed by atoms with Gasteiger partial charge in [-0.3, -0.25) is 0 Å². The average molecular weight is 583 g/mol. The van der Waals surface area contributed by atoms with Crippen molar-refractivity contribution < 1.29 is 33.4 Å². The van der Waals surface area contributed by atoms with Crippen LogP contribution >= 0.6 is 23.2 Å². The Morgan fingerprint density at radius 3 is 2.50 bits per heavy atom. The van der Waals surface area contributed by atoms with Gasteiger partial charge in [0, 0.05) is 28.5 Å². The number of halogens is 2. The first-order valence-electron chi connectivity index (χ1n) is 13.0. The summed E-state index contributed by atoms with van der Waals surface area (Å²) in [5.41, 5.74) is 2.92. The van der Waals surface area contributed by atoms with Gasteiger partial charge in [0.05, 0.1) is 40.9 Å². The van der Waals surface area contributed by atoms with E-state index >= 15 is 0 Å². The highest BCUT2D eigenvalue weighted by molar-refractivity contribution is 6.39. The number of ether oxygens (including phenoxy) is 4. The summed E-state index contributed by atoms with van der Waals surface area (Å²) in [5.74, 6) is 0.563. The molecule has 2 unspecified atom stereocenters. The summed E-state index contributed by atoms with van der Waals surface area (Å²) in [6.07, 6.45) is 0.785. The first-order valence-corrected chi connectivity index (χ1v) is 13.8. The second-order valence-electron chi connectivity index (χ2n) is 10.2. The molecule has 4 aromatic rings. The third-order valence-electron chi connectivity index (χ3n) is 7.55. The Bertz CT molecular complexity index is 1580. The van der Waals surface area contributed by atoms with Gasteiger partial charge in [-0.05, 0) is 49.2 Å². The number of rotatable bonds is 8. The van der Waals surface area contributed by atoms with E-state index in [1.807, 2.05) is 0 Å². The van der Waals surface area contributed by atoms with Crippen molar-refractivity contribution in [3.05, 3.63) is 75.5 Å². The zero-order chi connectivity index (χ0) is 27.4. The average Bonchev–Trinajstić information content (AvgIpc) is 3.39. The van der Waals surface area contributed by atoms with Gasteiger partial charge in [0.25, 0.3) is 0 Å². The van der Waals surface area contributed by atoms with E-state index in [0.29, 0.717) is 51.8 Å². The van der Waals surface area contributed by atoms with E-state index < -0.39 is 5.97 Å². The number of hydrogen-bond acceptors (Lipinski definition) is 8. The van der Waals surface area contributed by atoms with E-state index in [-0.39, 0.29) is 36.6 Å². The standard InChI is InChI=1S/C29H24Cl2N2O7/c30-18-2-1-3-19(31)24(18)25-17(26(40-33-25)14-4-5-14)11-36-21-12-37-28-22(13-38-27(21)28)39-23-9-7-15-10-16(29(34)35)6-8-20(15)32-23/h1-3,6-10,14,21-22,27-28H,4-5,11-13H2,(H,34,35)/t21?,22?,27-,28-/m1/s1. The highest BCUT2D eigenvalue weighted by Gasteiger charge is 2.50. The van der Waals surface area contributed by atoms with Crippen LogP contribution in [0.1, 0.15) is 40.4 Å². The molecule has 4 atom stereocenters. The van der Waals surface area contributed by atoms with Crippen LogP contribution in [0.15, 0.2) is 53.1 Å². The first-order chi connectivity index (χ1) is 19.5. The largest absolute Gasteiger partial charge is 0.478 e. The maximum absolute atomic E-state index is 11.2. The molecule has 0 radical (unpaired) electrons. The number of aromatic carboxylic acids is 1. The third kappa shape index (κ3) is 4.71. The highest BCUT2D eigenvalue weighted by atomic mass is 35.5. The molecule has 7 rings (SSSR count). The Hall–Kier alpha value is -3.21. The van der Waals surface area contributed by atoms with Gasteiger partial charge in [-0.1, -0.05) is 34.4 Å². The minimum Gasteiger partial charge on any atom is -0.478 e. The number of benzene rings is 2. The summed E-state index contributed by atoms with van der Waals surface area (Å²) in [6, 6.07) is 13.6. The highest BCUT2D eigenvalue weighted by Crippen LogP contribution is 2.46. The normalized spacial score (nSPS) is 23.9.